The molecule has 3 rings (SSSR count). The monoisotopic (exact) mass is 329 g/mol. The maximum Gasteiger partial charge on any atom is 0.0597 e. The van der Waals surface area contributed by atoms with Gasteiger partial charge in [0.1, 0.15) is 0 Å². The smallest absolute Gasteiger partial charge is 0.0597 e. The van der Waals surface area contributed by atoms with E-state index < -0.39 is 0 Å². The number of likely N-dealkylation sites (N-methyl/N-ethyl adjacent to an activating group) is 1. The third kappa shape index (κ3) is 3.82. The number of benzene rings is 1. The van der Waals surface area contributed by atoms with Crippen molar-refractivity contribution in [3.63, 3.8) is 0 Å². The van der Waals surface area contributed by atoms with Crippen molar-refractivity contribution in [3.8, 4) is 0 Å². The molecule has 2 aromatic rings. The number of aryl methyl sites for hydroxylation is 1. The fourth-order valence-electron chi connectivity index (χ4n) is 3.60. The fraction of sp³-hybridized carbons (Fsp3) is 0.600. The fourth-order valence-corrected chi connectivity index (χ4v) is 3.60. The predicted molar refractivity (Wildman–Crippen MR) is 100 cm³/mol. The largest absolute Gasteiger partial charge is 0.377 e. The van der Waals surface area contributed by atoms with Gasteiger partial charge in [0, 0.05) is 43.8 Å². The van der Waals surface area contributed by atoms with Crippen molar-refractivity contribution < 1.29 is 4.74 Å². The summed E-state index contributed by atoms with van der Waals surface area (Å²) in [6.45, 7) is 12.4. The van der Waals surface area contributed by atoms with Crippen LogP contribution in [0.25, 0.3) is 10.9 Å². The molecule has 1 aliphatic rings. The number of nitrogens with one attached hydrogen (secondary N) is 1. The van der Waals surface area contributed by atoms with Crippen LogP contribution in [0, 0.1) is 0 Å². The Bertz CT molecular complexity index is 690. The first-order valence-corrected chi connectivity index (χ1v) is 9.23. The van der Waals surface area contributed by atoms with Crippen LogP contribution >= 0.6 is 0 Å². The molecule has 1 aromatic carbocycles. The van der Waals surface area contributed by atoms with Crippen molar-refractivity contribution in [3.05, 3.63) is 35.0 Å². The Morgan fingerprint density at radius 1 is 1.21 bits per heavy atom. The standard InChI is InChI=1S/C20H31N3O/c1-5-21-7-6-16-12-22(4)20-11-18-14-23(8-9-24-15(2)3)13-17(18)10-19(16)20/h10-12,15,21H,5-9,13-14H2,1-4H3. The zero-order valence-electron chi connectivity index (χ0n) is 15.6. The van der Waals surface area contributed by atoms with Gasteiger partial charge < -0.3 is 14.6 Å². The summed E-state index contributed by atoms with van der Waals surface area (Å²) in [5, 5.41) is 4.86. The van der Waals surface area contributed by atoms with Gasteiger partial charge in [-0.25, -0.2) is 0 Å². The molecule has 0 fully saturated rings. The van der Waals surface area contributed by atoms with E-state index >= 15 is 0 Å². The lowest BCUT2D eigenvalue weighted by Gasteiger charge is -2.15. The van der Waals surface area contributed by atoms with Crippen molar-refractivity contribution in [1.82, 2.24) is 14.8 Å². The van der Waals surface area contributed by atoms with Gasteiger partial charge >= 0.3 is 0 Å². The molecule has 1 aromatic heterocycles. The van der Waals surface area contributed by atoms with Gasteiger partial charge in [0.05, 0.1) is 12.7 Å². The lowest BCUT2D eigenvalue weighted by atomic mass is 10.0. The van der Waals surface area contributed by atoms with Crippen LogP contribution < -0.4 is 5.32 Å². The van der Waals surface area contributed by atoms with Crippen molar-refractivity contribution in [2.24, 2.45) is 7.05 Å². The minimum atomic E-state index is 0.317. The Hall–Kier alpha value is -1.36. The molecule has 4 nitrogen and oxygen atoms in total. The number of aromatic nitrogens is 1. The van der Waals surface area contributed by atoms with Crippen LogP contribution in [-0.2, 0) is 31.3 Å². The molecule has 0 radical (unpaired) electrons. The summed E-state index contributed by atoms with van der Waals surface area (Å²) in [6, 6.07) is 4.82. The first-order valence-electron chi connectivity index (χ1n) is 9.23. The molecular weight excluding hydrogens is 298 g/mol. The quantitative estimate of drug-likeness (QED) is 0.755. The number of ether oxygens (including phenoxy) is 1. The van der Waals surface area contributed by atoms with Crippen LogP contribution in [0.3, 0.4) is 0 Å². The van der Waals surface area contributed by atoms with E-state index in [2.05, 4.69) is 60.9 Å². The van der Waals surface area contributed by atoms with Crippen molar-refractivity contribution in [1.29, 1.82) is 0 Å². The third-order valence-corrected chi connectivity index (χ3v) is 4.86. The Labute approximate surface area is 145 Å². The topological polar surface area (TPSA) is 29.4 Å². The second kappa shape index (κ2) is 7.68. The maximum absolute atomic E-state index is 5.71. The van der Waals surface area contributed by atoms with E-state index in [-0.39, 0.29) is 0 Å². The highest BCUT2D eigenvalue weighted by Gasteiger charge is 2.21. The van der Waals surface area contributed by atoms with Gasteiger partial charge in [-0.2, -0.15) is 0 Å². The predicted octanol–water partition coefficient (Wildman–Crippen LogP) is 3.07. The van der Waals surface area contributed by atoms with E-state index in [1.54, 1.807) is 0 Å². The molecule has 0 aliphatic carbocycles. The van der Waals surface area contributed by atoms with E-state index in [0.29, 0.717) is 6.10 Å². The Morgan fingerprint density at radius 2 is 1.96 bits per heavy atom. The Balaban J connectivity index is 1.73. The van der Waals surface area contributed by atoms with Gasteiger partial charge in [-0.3, -0.25) is 4.90 Å². The number of hydrogen-bond donors (Lipinski definition) is 1. The zero-order chi connectivity index (χ0) is 17.1. The van der Waals surface area contributed by atoms with Crippen molar-refractivity contribution in [2.75, 3.05) is 26.2 Å². The number of rotatable bonds is 8. The van der Waals surface area contributed by atoms with Crippen molar-refractivity contribution in [2.45, 2.75) is 46.4 Å². The molecule has 0 saturated heterocycles. The molecule has 0 spiro atoms. The molecule has 24 heavy (non-hydrogen) atoms. The van der Waals surface area contributed by atoms with Gasteiger partial charge in [0.2, 0.25) is 0 Å². The highest BCUT2D eigenvalue weighted by Crippen LogP contribution is 2.30. The van der Waals surface area contributed by atoms with Gasteiger partial charge in [-0.15, -0.1) is 0 Å². The van der Waals surface area contributed by atoms with Crippen LogP contribution in [0.5, 0.6) is 0 Å². The van der Waals surface area contributed by atoms with Crippen LogP contribution in [0.15, 0.2) is 18.3 Å². The van der Waals surface area contributed by atoms with E-state index in [1.807, 2.05) is 0 Å². The Kier molecular flexibility index (Phi) is 5.59. The molecule has 0 saturated carbocycles. The molecule has 0 amide bonds. The van der Waals surface area contributed by atoms with Crippen molar-refractivity contribution >= 4 is 10.9 Å². The van der Waals surface area contributed by atoms with Crippen LogP contribution in [0.4, 0.5) is 0 Å². The summed E-state index contributed by atoms with van der Waals surface area (Å²) >= 11 is 0. The van der Waals surface area contributed by atoms with Gasteiger partial charge in [-0.1, -0.05) is 6.92 Å². The molecule has 1 N–H and O–H groups in total. The van der Waals surface area contributed by atoms with Crippen LogP contribution in [0.2, 0.25) is 0 Å². The van der Waals surface area contributed by atoms with E-state index in [9.17, 15) is 0 Å². The summed E-state index contributed by atoms with van der Waals surface area (Å²) in [6.07, 6.45) is 3.71. The summed E-state index contributed by atoms with van der Waals surface area (Å²) in [4.78, 5) is 2.49. The second-order valence-corrected chi connectivity index (χ2v) is 7.14. The molecular formula is C20H31N3O. The minimum absolute atomic E-state index is 0.317. The number of hydrogen-bond acceptors (Lipinski definition) is 3. The second-order valence-electron chi connectivity index (χ2n) is 7.14. The highest BCUT2D eigenvalue weighted by atomic mass is 16.5. The summed E-state index contributed by atoms with van der Waals surface area (Å²) in [5.41, 5.74) is 5.78. The van der Waals surface area contributed by atoms with E-state index in [1.165, 1.54) is 27.6 Å². The lowest BCUT2D eigenvalue weighted by molar-refractivity contribution is 0.0584. The molecule has 0 unspecified atom stereocenters. The van der Waals surface area contributed by atoms with Gasteiger partial charge in [0.25, 0.3) is 0 Å². The molecule has 2 heterocycles. The molecule has 0 bridgehead atoms. The summed E-state index contributed by atoms with van der Waals surface area (Å²) in [5.74, 6) is 0. The Morgan fingerprint density at radius 3 is 2.67 bits per heavy atom. The molecule has 132 valence electrons. The van der Waals surface area contributed by atoms with Gasteiger partial charge in [-0.05, 0) is 62.2 Å². The first kappa shape index (κ1) is 17.5. The first-order chi connectivity index (χ1) is 11.6. The van der Waals surface area contributed by atoms with E-state index in [0.717, 1.165) is 45.8 Å². The number of fused-ring (bicyclic) bond motifs is 2. The maximum atomic E-state index is 5.71. The molecule has 0 atom stereocenters. The summed E-state index contributed by atoms with van der Waals surface area (Å²) < 4.78 is 7.98. The number of nitrogens with zero attached hydrogens (tertiary/aromatic N) is 2. The molecule has 4 heteroatoms. The van der Waals surface area contributed by atoms with Crippen LogP contribution in [0.1, 0.15) is 37.5 Å². The van der Waals surface area contributed by atoms with Gasteiger partial charge in [0.15, 0.2) is 0 Å². The molecule has 1 aliphatic heterocycles. The minimum Gasteiger partial charge on any atom is -0.377 e. The average Bonchev–Trinajstić information content (AvgIpc) is 3.06. The van der Waals surface area contributed by atoms with E-state index in [4.69, 9.17) is 4.74 Å². The zero-order valence-corrected chi connectivity index (χ0v) is 15.6. The summed E-state index contributed by atoms with van der Waals surface area (Å²) in [7, 11) is 2.16. The third-order valence-electron chi connectivity index (χ3n) is 4.86. The SMILES string of the molecule is CCNCCc1cn(C)c2cc3c(cc12)CN(CCOC(C)C)C3. The lowest BCUT2D eigenvalue weighted by Crippen LogP contribution is -2.23. The van der Waals surface area contributed by atoms with Crippen LogP contribution in [-0.4, -0.2) is 41.8 Å². The highest BCUT2D eigenvalue weighted by molar-refractivity contribution is 5.85. The normalized spacial score (nSPS) is 14.9. The average molecular weight is 329 g/mol.